The number of carboxylic acids is 1. The summed E-state index contributed by atoms with van der Waals surface area (Å²) >= 11 is 0. The molecule has 4 rings (SSSR count). The number of carboxylic acid groups (broad SMARTS) is 1. The Balaban J connectivity index is 1.47. The lowest BCUT2D eigenvalue weighted by atomic mass is 10.0. The first-order valence-electron chi connectivity index (χ1n) is 11.2. The van der Waals surface area contributed by atoms with E-state index in [1.54, 1.807) is 24.3 Å². The quantitative estimate of drug-likeness (QED) is 0.374. The first-order chi connectivity index (χ1) is 17.2. The van der Waals surface area contributed by atoms with Crippen LogP contribution in [0.2, 0.25) is 0 Å². The van der Waals surface area contributed by atoms with Crippen LogP contribution in [0.3, 0.4) is 0 Å². The standard InChI is InChI=1S/C28H24N2O5S/c1-36(34,35)23-16-14-22(15-17-23)24-8-5-9-25(29-24)27(31)30-26(28(32)33)18-19-10-12-21(13-11-19)20-6-3-2-4-7-20/h2-17,26H,18H2,1H3,(H,30,31)(H,32,33)/t26-/m0/s1. The van der Waals surface area contributed by atoms with E-state index >= 15 is 0 Å². The topological polar surface area (TPSA) is 113 Å². The second kappa shape index (κ2) is 10.5. The van der Waals surface area contributed by atoms with Gasteiger partial charge < -0.3 is 10.4 Å². The van der Waals surface area contributed by atoms with Gasteiger partial charge in [0, 0.05) is 18.2 Å². The fraction of sp³-hybridized carbons (Fsp3) is 0.107. The van der Waals surface area contributed by atoms with E-state index in [4.69, 9.17) is 0 Å². The molecule has 0 fully saturated rings. The van der Waals surface area contributed by atoms with Crippen molar-refractivity contribution in [3.8, 4) is 22.4 Å². The SMILES string of the molecule is CS(=O)(=O)c1ccc(-c2cccc(C(=O)N[C@@H](Cc3ccc(-c4ccccc4)cc3)C(=O)O)n2)cc1. The normalized spacial score (nSPS) is 12.0. The van der Waals surface area contributed by atoms with E-state index < -0.39 is 27.8 Å². The molecule has 0 aliphatic carbocycles. The molecule has 0 radical (unpaired) electrons. The van der Waals surface area contributed by atoms with E-state index in [1.165, 1.54) is 18.2 Å². The highest BCUT2D eigenvalue weighted by Crippen LogP contribution is 2.21. The number of carbonyl (C=O) groups excluding carboxylic acids is 1. The lowest BCUT2D eigenvalue weighted by Crippen LogP contribution is -2.42. The van der Waals surface area contributed by atoms with Gasteiger partial charge in [-0.3, -0.25) is 4.79 Å². The molecular weight excluding hydrogens is 476 g/mol. The first kappa shape index (κ1) is 24.8. The first-order valence-corrected chi connectivity index (χ1v) is 13.1. The molecule has 3 aromatic carbocycles. The second-order valence-electron chi connectivity index (χ2n) is 8.34. The van der Waals surface area contributed by atoms with E-state index in [2.05, 4.69) is 10.3 Å². The van der Waals surface area contributed by atoms with Crippen molar-refractivity contribution in [3.05, 3.63) is 108 Å². The highest BCUT2D eigenvalue weighted by atomic mass is 32.2. The Labute approximate surface area is 209 Å². The summed E-state index contributed by atoms with van der Waals surface area (Å²) in [7, 11) is -3.33. The molecule has 1 aromatic heterocycles. The van der Waals surface area contributed by atoms with Gasteiger partial charge in [0.25, 0.3) is 5.91 Å². The molecule has 0 aliphatic rings. The number of sulfone groups is 1. The van der Waals surface area contributed by atoms with Gasteiger partial charge in [0.15, 0.2) is 9.84 Å². The summed E-state index contributed by atoms with van der Waals surface area (Å²) in [6.45, 7) is 0. The molecule has 7 nitrogen and oxygen atoms in total. The summed E-state index contributed by atoms with van der Waals surface area (Å²) in [5.41, 5.74) is 4.00. The molecule has 36 heavy (non-hydrogen) atoms. The number of benzene rings is 3. The van der Waals surface area contributed by atoms with Crippen LogP contribution < -0.4 is 5.32 Å². The van der Waals surface area contributed by atoms with Gasteiger partial charge in [0.05, 0.1) is 10.6 Å². The van der Waals surface area contributed by atoms with Crippen molar-refractivity contribution >= 4 is 21.7 Å². The Morgan fingerprint density at radius 2 is 1.42 bits per heavy atom. The van der Waals surface area contributed by atoms with Crippen molar-refractivity contribution in [2.24, 2.45) is 0 Å². The van der Waals surface area contributed by atoms with Crippen molar-refractivity contribution < 1.29 is 23.1 Å². The van der Waals surface area contributed by atoms with Crippen molar-refractivity contribution in [3.63, 3.8) is 0 Å². The number of nitrogens with zero attached hydrogens (tertiary/aromatic N) is 1. The number of hydrogen-bond acceptors (Lipinski definition) is 5. The molecular formula is C28H24N2O5S. The molecule has 1 atom stereocenters. The average Bonchev–Trinajstić information content (AvgIpc) is 2.89. The fourth-order valence-corrected chi connectivity index (χ4v) is 4.36. The Kier molecular flexibility index (Phi) is 7.26. The number of aromatic nitrogens is 1. The van der Waals surface area contributed by atoms with Crippen LogP contribution in [0.25, 0.3) is 22.4 Å². The van der Waals surface area contributed by atoms with E-state index in [1.807, 2.05) is 54.6 Å². The molecule has 1 amide bonds. The second-order valence-corrected chi connectivity index (χ2v) is 10.4. The number of pyridine rings is 1. The van der Waals surface area contributed by atoms with E-state index in [-0.39, 0.29) is 17.0 Å². The highest BCUT2D eigenvalue weighted by molar-refractivity contribution is 7.90. The summed E-state index contributed by atoms with van der Waals surface area (Å²) in [6, 6.07) is 27.2. The third kappa shape index (κ3) is 6.03. The Hall–Kier alpha value is -4.30. The largest absolute Gasteiger partial charge is 0.480 e. The lowest BCUT2D eigenvalue weighted by molar-refractivity contribution is -0.139. The number of hydrogen-bond donors (Lipinski definition) is 2. The van der Waals surface area contributed by atoms with Crippen LogP contribution in [0.5, 0.6) is 0 Å². The smallest absolute Gasteiger partial charge is 0.326 e. The van der Waals surface area contributed by atoms with Crippen molar-refractivity contribution in [2.45, 2.75) is 17.4 Å². The minimum atomic E-state index is -3.33. The van der Waals surface area contributed by atoms with Crippen LogP contribution in [0, 0.1) is 0 Å². The average molecular weight is 501 g/mol. The maximum atomic E-state index is 12.8. The predicted molar refractivity (Wildman–Crippen MR) is 137 cm³/mol. The summed E-state index contributed by atoms with van der Waals surface area (Å²) in [6.07, 6.45) is 1.24. The zero-order chi connectivity index (χ0) is 25.7. The van der Waals surface area contributed by atoms with Crippen LogP contribution in [0.1, 0.15) is 16.1 Å². The summed E-state index contributed by atoms with van der Waals surface area (Å²) in [5.74, 6) is -1.76. The van der Waals surface area contributed by atoms with Crippen molar-refractivity contribution in [1.82, 2.24) is 10.3 Å². The van der Waals surface area contributed by atoms with E-state index in [9.17, 15) is 23.1 Å². The van der Waals surface area contributed by atoms with E-state index in [0.717, 1.165) is 22.9 Å². The van der Waals surface area contributed by atoms with Crippen LogP contribution in [0.4, 0.5) is 0 Å². The summed E-state index contributed by atoms with van der Waals surface area (Å²) in [5, 5.41) is 12.3. The number of amides is 1. The molecule has 1 heterocycles. The van der Waals surface area contributed by atoms with Crippen LogP contribution in [-0.2, 0) is 21.1 Å². The van der Waals surface area contributed by atoms with Gasteiger partial charge in [-0.2, -0.15) is 0 Å². The van der Waals surface area contributed by atoms with Gasteiger partial charge in [0.1, 0.15) is 11.7 Å². The molecule has 0 bridgehead atoms. The monoisotopic (exact) mass is 500 g/mol. The van der Waals surface area contributed by atoms with E-state index in [0.29, 0.717) is 11.3 Å². The maximum Gasteiger partial charge on any atom is 0.326 e. The summed E-state index contributed by atoms with van der Waals surface area (Å²) in [4.78, 5) is 29.2. The Bertz CT molecular complexity index is 1480. The molecule has 0 unspecified atom stereocenters. The molecule has 8 heteroatoms. The van der Waals surface area contributed by atoms with Crippen LogP contribution in [-0.4, -0.2) is 42.7 Å². The minimum absolute atomic E-state index is 0.0605. The number of carbonyl (C=O) groups is 2. The molecule has 0 saturated carbocycles. The van der Waals surface area contributed by atoms with Gasteiger partial charge >= 0.3 is 5.97 Å². The lowest BCUT2D eigenvalue weighted by Gasteiger charge is -2.15. The number of aliphatic carboxylic acids is 1. The molecule has 182 valence electrons. The highest BCUT2D eigenvalue weighted by Gasteiger charge is 2.22. The zero-order valence-corrected chi connectivity index (χ0v) is 20.3. The molecule has 4 aromatic rings. The summed E-state index contributed by atoms with van der Waals surface area (Å²) < 4.78 is 23.4. The molecule has 2 N–H and O–H groups in total. The van der Waals surface area contributed by atoms with Gasteiger partial charge in [-0.25, -0.2) is 18.2 Å². The number of rotatable bonds is 8. The molecule has 0 aliphatic heterocycles. The van der Waals surface area contributed by atoms with Gasteiger partial charge in [-0.15, -0.1) is 0 Å². The number of nitrogens with one attached hydrogen (secondary N) is 1. The Morgan fingerprint density at radius 1 is 0.806 bits per heavy atom. The van der Waals surface area contributed by atoms with Gasteiger partial charge in [-0.05, 0) is 41.0 Å². The van der Waals surface area contributed by atoms with Crippen LogP contribution in [0.15, 0.2) is 102 Å². The maximum absolute atomic E-state index is 12.8. The van der Waals surface area contributed by atoms with Crippen LogP contribution >= 0.6 is 0 Å². The van der Waals surface area contributed by atoms with Crippen molar-refractivity contribution in [1.29, 1.82) is 0 Å². The molecule has 0 saturated heterocycles. The Morgan fingerprint density at radius 3 is 2.03 bits per heavy atom. The fourth-order valence-electron chi connectivity index (χ4n) is 3.73. The van der Waals surface area contributed by atoms with Crippen molar-refractivity contribution in [2.75, 3.05) is 6.26 Å². The molecule has 0 spiro atoms. The predicted octanol–water partition coefficient (Wildman–Crippen LogP) is 4.24. The minimum Gasteiger partial charge on any atom is -0.480 e. The third-order valence-electron chi connectivity index (χ3n) is 5.66. The van der Waals surface area contributed by atoms with Gasteiger partial charge in [0.2, 0.25) is 0 Å². The zero-order valence-electron chi connectivity index (χ0n) is 19.5. The third-order valence-corrected chi connectivity index (χ3v) is 6.79. The van der Waals surface area contributed by atoms with Gasteiger partial charge in [-0.1, -0.05) is 72.8 Å².